The number of anilines is 1. The van der Waals surface area contributed by atoms with Crippen molar-refractivity contribution < 1.29 is 9.53 Å². The van der Waals surface area contributed by atoms with E-state index < -0.39 is 0 Å². The smallest absolute Gasteiger partial charge is 0.343 e. The third-order valence-corrected chi connectivity index (χ3v) is 3.37. The van der Waals surface area contributed by atoms with Gasteiger partial charge >= 0.3 is 5.97 Å². The van der Waals surface area contributed by atoms with Crippen LogP contribution in [0.1, 0.15) is 55.1 Å². The molecule has 2 rings (SSSR count). The second-order valence-electron chi connectivity index (χ2n) is 4.77. The quantitative estimate of drug-likeness (QED) is 0.835. The minimum Gasteiger partial charge on any atom is -0.462 e. The zero-order chi connectivity index (χ0) is 13.0. The van der Waals surface area contributed by atoms with Gasteiger partial charge in [-0.25, -0.2) is 4.79 Å². The minimum atomic E-state index is -0.304. The van der Waals surface area contributed by atoms with Gasteiger partial charge in [0.2, 0.25) is 0 Å². The van der Waals surface area contributed by atoms with Crippen molar-refractivity contribution in [3.05, 3.63) is 11.3 Å². The third kappa shape index (κ3) is 3.86. The summed E-state index contributed by atoms with van der Waals surface area (Å²) >= 11 is 0. The van der Waals surface area contributed by atoms with Crippen LogP contribution in [0, 0.1) is 6.92 Å². The van der Waals surface area contributed by atoms with Crippen molar-refractivity contribution in [1.82, 2.24) is 10.2 Å². The molecule has 1 fully saturated rings. The first-order valence-electron chi connectivity index (χ1n) is 6.71. The van der Waals surface area contributed by atoms with Crippen LogP contribution in [0.15, 0.2) is 0 Å². The molecular weight excluding hydrogens is 266 g/mol. The predicted molar refractivity (Wildman–Crippen MR) is 77.0 cm³/mol. The van der Waals surface area contributed by atoms with Crippen molar-refractivity contribution in [2.75, 3.05) is 11.9 Å². The standard InChI is InChI=1S/C13H21N3O2.ClH/c1-3-18-13(17)11-9(2)15-16-12(11)14-10-7-5-4-6-8-10;/h10H,3-8H2,1-2H3,(H2,14,15,16);1H. The van der Waals surface area contributed by atoms with E-state index in [9.17, 15) is 4.79 Å². The fourth-order valence-electron chi connectivity index (χ4n) is 2.43. The zero-order valence-corrected chi connectivity index (χ0v) is 12.3. The van der Waals surface area contributed by atoms with Gasteiger partial charge in [0.1, 0.15) is 5.56 Å². The molecule has 1 aliphatic rings. The average Bonchev–Trinajstić information content (AvgIpc) is 2.72. The first-order valence-corrected chi connectivity index (χ1v) is 6.71. The number of rotatable bonds is 4. The van der Waals surface area contributed by atoms with Gasteiger partial charge in [-0.05, 0) is 26.7 Å². The number of nitrogens with one attached hydrogen (secondary N) is 2. The summed E-state index contributed by atoms with van der Waals surface area (Å²) in [7, 11) is 0. The summed E-state index contributed by atoms with van der Waals surface area (Å²) in [6.07, 6.45) is 6.09. The van der Waals surface area contributed by atoms with Crippen molar-refractivity contribution >= 4 is 24.2 Å². The molecule has 0 saturated heterocycles. The Kier molecular flexibility index (Phi) is 6.15. The first kappa shape index (κ1) is 15.8. The van der Waals surface area contributed by atoms with Crippen LogP contribution in [0.2, 0.25) is 0 Å². The second kappa shape index (κ2) is 7.38. The topological polar surface area (TPSA) is 67.0 Å². The highest BCUT2D eigenvalue weighted by atomic mass is 35.5. The lowest BCUT2D eigenvalue weighted by molar-refractivity contribution is 0.0526. The van der Waals surface area contributed by atoms with Gasteiger partial charge in [0.05, 0.1) is 6.61 Å². The number of aromatic amines is 1. The van der Waals surface area contributed by atoms with Gasteiger partial charge in [0, 0.05) is 11.7 Å². The van der Waals surface area contributed by atoms with E-state index in [0.717, 1.165) is 18.5 Å². The summed E-state index contributed by atoms with van der Waals surface area (Å²) in [6, 6.07) is 0.426. The van der Waals surface area contributed by atoms with Crippen molar-refractivity contribution in [3.63, 3.8) is 0 Å². The molecule has 1 saturated carbocycles. The van der Waals surface area contributed by atoms with Gasteiger partial charge in [0.15, 0.2) is 5.82 Å². The summed E-state index contributed by atoms with van der Waals surface area (Å²) in [5.41, 5.74) is 1.30. The number of ether oxygens (including phenoxy) is 1. The SMILES string of the molecule is CCOC(=O)c1c(NC2CCCCC2)n[nH]c1C.Cl. The Balaban J connectivity index is 0.00000180. The number of carbonyl (C=O) groups excluding carboxylic acids is 1. The molecule has 1 aromatic heterocycles. The molecule has 0 radical (unpaired) electrons. The Hall–Kier alpha value is -1.23. The second-order valence-corrected chi connectivity index (χ2v) is 4.77. The maximum Gasteiger partial charge on any atom is 0.343 e. The number of carbonyl (C=O) groups is 1. The normalized spacial score (nSPS) is 15.7. The van der Waals surface area contributed by atoms with E-state index in [1.165, 1.54) is 19.3 Å². The van der Waals surface area contributed by atoms with E-state index in [1.807, 2.05) is 13.8 Å². The van der Waals surface area contributed by atoms with Gasteiger partial charge in [0.25, 0.3) is 0 Å². The summed E-state index contributed by atoms with van der Waals surface area (Å²) in [5.74, 6) is 0.333. The van der Waals surface area contributed by atoms with Crippen molar-refractivity contribution in [3.8, 4) is 0 Å². The predicted octanol–water partition coefficient (Wildman–Crippen LogP) is 3.06. The van der Waals surface area contributed by atoms with Gasteiger partial charge in [-0.1, -0.05) is 19.3 Å². The molecule has 6 heteroatoms. The Morgan fingerprint density at radius 2 is 2.11 bits per heavy atom. The highest BCUT2D eigenvalue weighted by Crippen LogP contribution is 2.24. The van der Waals surface area contributed by atoms with Crippen LogP contribution in [0.3, 0.4) is 0 Å². The van der Waals surface area contributed by atoms with E-state index in [1.54, 1.807) is 0 Å². The highest BCUT2D eigenvalue weighted by molar-refractivity contribution is 5.95. The molecule has 0 atom stereocenters. The Morgan fingerprint density at radius 1 is 1.42 bits per heavy atom. The third-order valence-electron chi connectivity index (χ3n) is 3.37. The molecule has 0 aromatic carbocycles. The van der Waals surface area contributed by atoms with Crippen LogP contribution in [0.25, 0.3) is 0 Å². The largest absolute Gasteiger partial charge is 0.462 e. The van der Waals surface area contributed by atoms with Crippen LogP contribution < -0.4 is 5.32 Å². The minimum absolute atomic E-state index is 0. The molecule has 0 aliphatic heterocycles. The summed E-state index contributed by atoms with van der Waals surface area (Å²) in [6.45, 7) is 4.03. The molecule has 0 spiro atoms. The molecule has 2 N–H and O–H groups in total. The number of H-pyrrole nitrogens is 1. The van der Waals surface area contributed by atoms with Crippen LogP contribution >= 0.6 is 12.4 Å². The monoisotopic (exact) mass is 287 g/mol. The van der Waals surface area contributed by atoms with Gasteiger partial charge < -0.3 is 10.1 Å². The van der Waals surface area contributed by atoms with Crippen molar-refractivity contribution in [2.24, 2.45) is 0 Å². The van der Waals surface area contributed by atoms with E-state index in [2.05, 4.69) is 15.5 Å². The Morgan fingerprint density at radius 3 is 2.74 bits per heavy atom. The molecule has 0 unspecified atom stereocenters. The molecule has 1 heterocycles. The first-order chi connectivity index (χ1) is 8.72. The number of aryl methyl sites for hydroxylation is 1. The van der Waals surface area contributed by atoms with Crippen LogP contribution in [0.4, 0.5) is 5.82 Å². The molecule has 1 aromatic rings. The number of nitrogens with zero attached hydrogens (tertiary/aromatic N) is 1. The maximum absolute atomic E-state index is 11.9. The van der Waals surface area contributed by atoms with Gasteiger partial charge in [-0.2, -0.15) is 5.10 Å². The average molecular weight is 288 g/mol. The van der Waals surface area contributed by atoms with Crippen molar-refractivity contribution in [1.29, 1.82) is 0 Å². The summed E-state index contributed by atoms with van der Waals surface area (Å²) in [5, 5.41) is 10.4. The number of hydrogen-bond donors (Lipinski definition) is 2. The van der Waals surface area contributed by atoms with Crippen LogP contribution in [-0.4, -0.2) is 28.8 Å². The number of esters is 1. The van der Waals surface area contributed by atoms with E-state index in [-0.39, 0.29) is 18.4 Å². The molecule has 5 nitrogen and oxygen atoms in total. The van der Waals surface area contributed by atoms with E-state index >= 15 is 0 Å². The number of aromatic nitrogens is 2. The van der Waals surface area contributed by atoms with Crippen molar-refractivity contribution in [2.45, 2.75) is 52.0 Å². The van der Waals surface area contributed by atoms with Gasteiger partial charge in [-0.15, -0.1) is 12.4 Å². The fourth-order valence-corrected chi connectivity index (χ4v) is 2.43. The molecule has 0 amide bonds. The molecule has 108 valence electrons. The molecule has 19 heavy (non-hydrogen) atoms. The summed E-state index contributed by atoms with van der Waals surface area (Å²) < 4.78 is 5.06. The fraction of sp³-hybridized carbons (Fsp3) is 0.692. The molecule has 1 aliphatic carbocycles. The lowest BCUT2D eigenvalue weighted by atomic mass is 9.95. The summed E-state index contributed by atoms with van der Waals surface area (Å²) in [4.78, 5) is 11.9. The molecule has 0 bridgehead atoms. The lowest BCUT2D eigenvalue weighted by Crippen LogP contribution is -2.23. The van der Waals surface area contributed by atoms with Crippen LogP contribution in [0.5, 0.6) is 0 Å². The Labute approximate surface area is 119 Å². The lowest BCUT2D eigenvalue weighted by Gasteiger charge is -2.22. The number of halogens is 1. The molecular formula is C13H22ClN3O2. The number of hydrogen-bond acceptors (Lipinski definition) is 4. The van der Waals surface area contributed by atoms with E-state index in [4.69, 9.17) is 4.74 Å². The zero-order valence-electron chi connectivity index (χ0n) is 11.5. The van der Waals surface area contributed by atoms with Gasteiger partial charge in [-0.3, -0.25) is 5.10 Å². The highest BCUT2D eigenvalue weighted by Gasteiger charge is 2.22. The maximum atomic E-state index is 11.9. The van der Waals surface area contributed by atoms with Crippen LogP contribution in [-0.2, 0) is 4.74 Å². The van der Waals surface area contributed by atoms with E-state index in [0.29, 0.717) is 24.0 Å². The Bertz CT molecular complexity index is 414.